The summed E-state index contributed by atoms with van der Waals surface area (Å²) in [7, 11) is 0. The Kier molecular flexibility index (Phi) is 3.29. The van der Waals surface area contributed by atoms with Crippen molar-refractivity contribution < 1.29 is 8.94 Å². The molecular weight excluding hydrogens is 280 g/mol. The van der Waals surface area contributed by atoms with Gasteiger partial charge in [0.15, 0.2) is 0 Å². The van der Waals surface area contributed by atoms with E-state index in [1.165, 1.54) is 0 Å². The van der Waals surface area contributed by atoms with Crippen molar-refractivity contribution in [3.63, 3.8) is 0 Å². The fraction of sp³-hybridized carbons (Fsp3) is 0.688. The molecule has 2 aromatic heterocycles. The molecule has 0 atom stereocenters. The number of aryl methyl sites for hydroxylation is 3. The first kappa shape index (κ1) is 13.9. The number of piperidine rings is 3. The van der Waals surface area contributed by atoms with Gasteiger partial charge < -0.3 is 13.8 Å². The van der Waals surface area contributed by atoms with Crippen molar-refractivity contribution in [3.8, 4) is 0 Å². The van der Waals surface area contributed by atoms with Gasteiger partial charge in [-0.3, -0.25) is 0 Å². The van der Waals surface area contributed by atoms with Crippen molar-refractivity contribution in [2.75, 3.05) is 19.6 Å². The van der Waals surface area contributed by atoms with Gasteiger partial charge in [-0.2, -0.15) is 0 Å². The summed E-state index contributed by atoms with van der Waals surface area (Å²) in [6.07, 6.45) is 5.04. The molecule has 0 N–H and O–H groups in total. The van der Waals surface area contributed by atoms with Gasteiger partial charge in [-0.15, -0.1) is 10.2 Å². The van der Waals surface area contributed by atoms with E-state index in [-0.39, 0.29) is 5.41 Å². The van der Waals surface area contributed by atoms with Crippen LogP contribution < -0.4 is 0 Å². The maximum absolute atomic E-state index is 6.03. The number of hydrogen-bond donors (Lipinski definition) is 0. The molecular formula is C16H22N4O2. The maximum atomic E-state index is 6.03. The molecule has 0 spiro atoms. The fourth-order valence-electron chi connectivity index (χ4n) is 3.81. The third-order valence-corrected chi connectivity index (χ3v) is 5.41. The topological polar surface area (TPSA) is 68.2 Å². The average Bonchev–Trinajstić information content (AvgIpc) is 3.15. The van der Waals surface area contributed by atoms with Gasteiger partial charge >= 0.3 is 0 Å². The van der Waals surface area contributed by atoms with Crippen molar-refractivity contribution in [3.05, 3.63) is 28.8 Å². The molecule has 6 heteroatoms. The lowest BCUT2D eigenvalue weighted by Gasteiger charge is -2.46. The van der Waals surface area contributed by atoms with E-state index in [4.69, 9.17) is 8.94 Å². The van der Waals surface area contributed by atoms with Crippen LogP contribution in [0, 0.1) is 13.8 Å². The zero-order chi connectivity index (χ0) is 15.2. The minimum absolute atomic E-state index is 0.142. The van der Waals surface area contributed by atoms with Crippen molar-refractivity contribution in [2.24, 2.45) is 0 Å². The SMILES string of the molecule is Cc1noc(C)c1CCc1nnc(C23CCN(CC2)CC3)o1. The van der Waals surface area contributed by atoms with E-state index >= 15 is 0 Å². The highest BCUT2D eigenvalue weighted by Crippen LogP contribution is 2.42. The van der Waals surface area contributed by atoms with Gasteiger partial charge in [-0.05, 0) is 59.2 Å². The molecule has 0 radical (unpaired) electrons. The predicted molar refractivity (Wildman–Crippen MR) is 79.7 cm³/mol. The molecule has 0 unspecified atom stereocenters. The Balaban J connectivity index is 1.48. The molecule has 6 nitrogen and oxygen atoms in total. The molecule has 0 aromatic carbocycles. The predicted octanol–water partition coefficient (Wildman–Crippen LogP) is 2.20. The van der Waals surface area contributed by atoms with Crippen LogP contribution in [0.1, 0.15) is 48.1 Å². The van der Waals surface area contributed by atoms with Crippen molar-refractivity contribution in [2.45, 2.75) is 51.4 Å². The first-order valence-electron chi connectivity index (χ1n) is 8.13. The highest BCUT2D eigenvalue weighted by atomic mass is 16.5. The minimum atomic E-state index is 0.142. The third-order valence-electron chi connectivity index (χ3n) is 5.41. The molecule has 3 saturated heterocycles. The van der Waals surface area contributed by atoms with Crippen LogP contribution >= 0.6 is 0 Å². The molecule has 2 aromatic rings. The van der Waals surface area contributed by atoms with Crippen LogP contribution in [0.4, 0.5) is 0 Å². The quantitative estimate of drug-likeness (QED) is 0.862. The highest BCUT2D eigenvalue weighted by Gasteiger charge is 2.44. The maximum Gasteiger partial charge on any atom is 0.222 e. The average molecular weight is 302 g/mol. The summed E-state index contributed by atoms with van der Waals surface area (Å²) in [6, 6.07) is 0. The molecule has 5 heterocycles. The molecule has 5 rings (SSSR count). The van der Waals surface area contributed by atoms with Gasteiger partial charge in [-0.25, -0.2) is 0 Å². The van der Waals surface area contributed by atoms with Gasteiger partial charge in [0.2, 0.25) is 11.8 Å². The number of nitrogens with zero attached hydrogens (tertiary/aromatic N) is 4. The molecule has 3 aliphatic rings. The molecule has 0 aliphatic carbocycles. The third kappa shape index (κ3) is 2.26. The Morgan fingerprint density at radius 2 is 1.77 bits per heavy atom. The van der Waals surface area contributed by atoms with Crippen LogP contribution in [0.25, 0.3) is 0 Å². The summed E-state index contributed by atoms with van der Waals surface area (Å²) in [5, 5.41) is 12.6. The Morgan fingerprint density at radius 1 is 1.05 bits per heavy atom. The smallest absolute Gasteiger partial charge is 0.222 e. The fourth-order valence-corrected chi connectivity index (χ4v) is 3.81. The second-order valence-corrected chi connectivity index (χ2v) is 6.68. The number of fused-ring (bicyclic) bond motifs is 3. The molecule has 0 amide bonds. The summed E-state index contributed by atoms with van der Waals surface area (Å²) in [5.74, 6) is 2.48. The van der Waals surface area contributed by atoms with Gasteiger partial charge in [0, 0.05) is 12.0 Å². The van der Waals surface area contributed by atoms with Crippen LogP contribution in [0.3, 0.4) is 0 Å². The van der Waals surface area contributed by atoms with Crippen LogP contribution in [-0.2, 0) is 18.3 Å². The summed E-state index contributed by atoms with van der Waals surface area (Å²) < 4.78 is 11.2. The van der Waals surface area contributed by atoms with E-state index in [0.29, 0.717) is 0 Å². The Morgan fingerprint density at radius 3 is 2.41 bits per heavy atom. The largest absolute Gasteiger partial charge is 0.425 e. The van der Waals surface area contributed by atoms with E-state index in [1.54, 1.807) is 0 Å². The second-order valence-electron chi connectivity index (χ2n) is 6.68. The lowest BCUT2D eigenvalue weighted by atomic mass is 9.72. The lowest BCUT2D eigenvalue weighted by molar-refractivity contribution is 0.0632. The molecule has 2 bridgehead atoms. The van der Waals surface area contributed by atoms with Crippen molar-refractivity contribution >= 4 is 0 Å². The van der Waals surface area contributed by atoms with Gasteiger partial charge in [0.1, 0.15) is 5.76 Å². The lowest BCUT2D eigenvalue weighted by Crippen LogP contribution is -2.50. The Labute approximate surface area is 129 Å². The Bertz CT molecular complexity index is 634. The molecule has 3 aliphatic heterocycles. The van der Waals surface area contributed by atoms with Crippen molar-refractivity contribution in [1.29, 1.82) is 0 Å². The summed E-state index contributed by atoms with van der Waals surface area (Å²) >= 11 is 0. The monoisotopic (exact) mass is 302 g/mol. The summed E-state index contributed by atoms with van der Waals surface area (Å²) in [6.45, 7) is 7.41. The van der Waals surface area contributed by atoms with Gasteiger partial charge in [-0.1, -0.05) is 5.16 Å². The number of rotatable bonds is 4. The Hall–Kier alpha value is -1.69. The number of hydrogen-bond acceptors (Lipinski definition) is 6. The van der Waals surface area contributed by atoms with E-state index < -0.39 is 0 Å². The normalized spacial score (nSPS) is 27.5. The van der Waals surface area contributed by atoms with E-state index in [2.05, 4.69) is 20.3 Å². The first-order chi connectivity index (χ1) is 10.7. The van der Waals surface area contributed by atoms with Crippen LogP contribution in [0.2, 0.25) is 0 Å². The van der Waals surface area contributed by atoms with Crippen LogP contribution in [0.5, 0.6) is 0 Å². The van der Waals surface area contributed by atoms with Crippen LogP contribution in [-0.4, -0.2) is 39.9 Å². The zero-order valence-corrected chi connectivity index (χ0v) is 13.3. The molecule has 0 saturated carbocycles. The summed E-state index contributed by atoms with van der Waals surface area (Å²) in [5.41, 5.74) is 2.25. The number of aromatic nitrogens is 3. The summed E-state index contributed by atoms with van der Waals surface area (Å²) in [4.78, 5) is 2.52. The zero-order valence-electron chi connectivity index (χ0n) is 13.3. The molecule has 3 fully saturated rings. The van der Waals surface area contributed by atoms with E-state index in [9.17, 15) is 0 Å². The van der Waals surface area contributed by atoms with E-state index in [1.807, 2.05) is 13.8 Å². The molecule has 22 heavy (non-hydrogen) atoms. The molecule has 118 valence electrons. The minimum Gasteiger partial charge on any atom is -0.425 e. The van der Waals surface area contributed by atoms with Crippen LogP contribution in [0.15, 0.2) is 8.94 Å². The standard InChI is InChI=1S/C16H22N4O2/c1-11-13(12(2)22-19-11)3-4-14-17-18-15(21-14)16-5-8-20(9-6-16)10-7-16/h3-10H2,1-2H3. The highest BCUT2D eigenvalue weighted by molar-refractivity contribution is 5.21. The van der Waals surface area contributed by atoms with Gasteiger partial charge in [0.05, 0.1) is 11.1 Å². The first-order valence-corrected chi connectivity index (χ1v) is 8.13. The van der Waals surface area contributed by atoms with E-state index in [0.717, 1.165) is 80.5 Å². The van der Waals surface area contributed by atoms with Gasteiger partial charge in [0.25, 0.3) is 0 Å². The van der Waals surface area contributed by atoms with Crippen molar-refractivity contribution in [1.82, 2.24) is 20.3 Å². The second kappa shape index (κ2) is 5.19.